The molecule has 104 valence electrons. The zero-order valence-electron chi connectivity index (χ0n) is 11.5. The van der Waals surface area contributed by atoms with Gasteiger partial charge in [0.15, 0.2) is 0 Å². The Morgan fingerprint density at radius 1 is 1.37 bits per heavy atom. The van der Waals surface area contributed by atoms with E-state index in [2.05, 4.69) is 6.58 Å². The van der Waals surface area contributed by atoms with E-state index in [-0.39, 0.29) is 13.2 Å². The number of benzene rings is 1. The fraction of sp³-hybridized carbons (Fsp3) is 0.400. The summed E-state index contributed by atoms with van der Waals surface area (Å²) in [5.74, 6) is 0. The van der Waals surface area contributed by atoms with E-state index in [1.54, 1.807) is 6.92 Å². The van der Waals surface area contributed by atoms with Crippen molar-refractivity contribution in [1.82, 2.24) is 4.90 Å². The van der Waals surface area contributed by atoms with Gasteiger partial charge >= 0.3 is 6.09 Å². The number of nitrogens with zero attached hydrogens (tertiary/aromatic N) is 1. The third-order valence-electron chi connectivity index (χ3n) is 3.09. The minimum absolute atomic E-state index is 0.237. The summed E-state index contributed by atoms with van der Waals surface area (Å²) in [6.07, 6.45) is -0.607. The fourth-order valence-corrected chi connectivity index (χ4v) is 2.14. The van der Waals surface area contributed by atoms with Crippen molar-refractivity contribution >= 4 is 6.09 Å². The smallest absolute Gasteiger partial charge is 0.408 e. The molecule has 0 spiro atoms. The second-order valence-electron chi connectivity index (χ2n) is 5.14. The first-order valence-electron chi connectivity index (χ1n) is 6.19. The summed E-state index contributed by atoms with van der Waals surface area (Å²) in [4.78, 5) is 12.8. The van der Waals surface area contributed by atoms with Gasteiger partial charge in [-0.3, -0.25) is 4.90 Å². The molecule has 0 aliphatic heterocycles. The van der Waals surface area contributed by atoms with Crippen LogP contribution in [-0.2, 0) is 6.54 Å². The molecule has 4 heteroatoms. The molecule has 0 radical (unpaired) electrons. The molecule has 2 N–H and O–H groups in total. The third-order valence-corrected chi connectivity index (χ3v) is 3.09. The predicted molar refractivity (Wildman–Crippen MR) is 74.9 cm³/mol. The molecule has 1 rings (SSSR count). The summed E-state index contributed by atoms with van der Waals surface area (Å²) in [7, 11) is 0. The third kappa shape index (κ3) is 4.10. The molecule has 1 amide bonds. The lowest BCUT2D eigenvalue weighted by Gasteiger charge is -2.38. The van der Waals surface area contributed by atoms with Gasteiger partial charge in [-0.2, -0.15) is 0 Å². The van der Waals surface area contributed by atoms with E-state index in [9.17, 15) is 15.0 Å². The maximum atomic E-state index is 11.5. The maximum Gasteiger partial charge on any atom is 0.408 e. The monoisotopic (exact) mass is 263 g/mol. The average molecular weight is 263 g/mol. The first-order valence-corrected chi connectivity index (χ1v) is 6.19. The molecule has 0 aromatic heterocycles. The van der Waals surface area contributed by atoms with Gasteiger partial charge in [0.25, 0.3) is 0 Å². The minimum atomic E-state index is -1.04. The number of rotatable bonds is 6. The molecule has 0 heterocycles. The van der Waals surface area contributed by atoms with Crippen molar-refractivity contribution in [2.45, 2.75) is 32.4 Å². The first kappa shape index (κ1) is 15.2. The van der Waals surface area contributed by atoms with Crippen LogP contribution in [0, 0.1) is 0 Å². The van der Waals surface area contributed by atoms with Crippen LogP contribution < -0.4 is 0 Å². The SMILES string of the molecule is C=C(C)C[C@@](C)(CO)N(Cc1ccccc1)C(=O)O. The van der Waals surface area contributed by atoms with Crippen LogP contribution in [0.2, 0.25) is 0 Å². The molecule has 0 fully saturated rings. The van der Waals surface area contributed by atoms with Crippen molar-refractivity contribution in [3.8, 4) is 0 Å². The Balaban J connectivity index is 2.98. The summed E-state index contributed by atoms with van der Waals surface area (Å²) in [5.41, 5.74) is 0.884. The van der Waals surface area contributed by atoms with E-state index in [0.29, 0.717) is 6.42 Å². The topological polar surface area (TPSA) is 60.8 Å². The highest BCUT2D eigenvalue weighted by atomic mass is 16.4. The maximum absolute atomic E-state index is 11.5. The number of carboxylic acid groups (broad SMARTS) is 1. The molecule has 1 aromatic rings. The van der Waals surface area contributed by atoms with Crippen LogP contribution >= 0.6 is 0 Å². The van der Waals surface area contributed by atoms with Gasteiger partial charge in [-0.25, -0.2) is 4.79 Å². The van der Waals surface area contributed by atoms with Gasteiger partial charge in [-0.05, 0) is 25.8 Å². The Kier molecular flexibility index (Phi) is 5.12. The molecule has 1 aromatic carbocycles. The lowest BCUT2D eigenvalue weighted by atomic mass is 9.92. The van der Waals surface area contributed by atoms with Crippen molar-refractivity contribution in [2.75, 3.05) is 6.61 Å². The van der Waals surface area contributed by atoms with Gasteiger partial charge < -0.3 is 10.2 Å². The van der Waals surface area contributed by atoms with E-state index < -0.39 is 11.6 Å². The highest BCUT2D eigenvalue weighted by Crippen LogP contribution is 2.25. The summed E-state index contributed by atoms with van der Waals surface area (Å²) < 4.78 is 0. The number of aliphatic hydroxyl groups is 1. The molecular formula is C15H21NO3. The van der Waals surface area contributed by atoms with Crippen LogP contribution in [0.15, 0.2) is 42.5 Å². The molecule has 0 saturated heterocycles. The zero-order valence-corrected chi connectivity index (χ0v) is 11.5. The lowest BCUT2D eigenvalue weighted by Crippen LogP contribution is -2.51. The van der Waals surface area contributed by atoms with Crippen LogP contribution in [0.1, 0.15) is 25.8 Å². The predicted octanol–water partition coefficient (Wildman–Crippen LogP) is 2.88. The Labute approximate surface area is 114 Å². The molecule has 0 bridgehead atoms. The van der Waals surface area contributed by atoms with Gasteiger partial charge in [0.05, 0.1) is 12.1 Å². The van der Waals surface area contributed by atoms with Crippen LogP contribution in [0.25, 0.3) is 0 Å². The van der Waals surface area contributed by atoms with Crippen LogP contribution in [-0.4, -0.2) is 33.4 Å². The van der Waals surface area contributed by atoms with Gasteiger partial charge in [0.2, 0.25) is 0 Å². The van der Waals surface area contributed by atoms with E-state index in [0.717, 1.165) is 11.1 Å². The molecule has 0 aliphatic carbocycles. The highest BCUT2D eigenvalue weighted by molar-refractivity contribution is 5.66. The Morgan fingerprint density at radius 2 is 1.95 bits per heavy atom. The standard InChI is InChI=1S/C15H21NO3/c1-12(2)9-15(3,11-17)16(14(18)19)10-13-7-5-4-6-8-13/h4-8,17H,1,9-11H2,2-3H3,(H,18,19)/t15-/m0/s1. The van der Waals surface area contributed by atoms with Gasteiger partial charge in [0, 0.05) is 6.54 Å². The number of amides is 1. The number of aliphatic hydroxyl groups excluding tert-OH is 1. The molecule has 0 unspecified atom stereocenters. The number of hydrogen-bond acceptors (Lipinski definition) is 2. The van der Waals surface area contributed by atoms with E-state index in [4.69, 9.17) is 0 Å². The second kappa shape index (κ2) is 6.38. The Hall–Kier alpha value is -1.81. The van der Waals surface area contributed by atoms with Crippen molar-refractivity contribution < 1.29 is 15.0 Å². The number of carbonyl (C=O) groups is 1. The zero-order chi connectivity index (χ0) is 14.5. The lowest BCUT2D eigenvalue weighted by molar-refractivity contribution is 0.0390. The molecule has 0 saturated carbocycles. The van der Waals surface area contributed by atoms with Crippen molar-refractivity contribution in [3.63, 3.8) is 0 Å². The average Bonchev–Trinajstić information content (AvgIpc) is 2.36. The molecule has 4 nitrogen and oxygen atoms in total. The summed E-state index contributed by atoms with van der Waals surface area (Å²) in [6, 6.07) is 9.35. The molecule has 1 atom stereocenters. The highest BCUT2D eigenvalue weighted by Gasteiger charge is 2.34. The Bertz CT molecular complexity index is 444. The van der Waals surface area contributed by atoms with Crippen LogP contribution in [0.3, 0.4) is 0 Å². The molecule has 0 aliphatic rings. The van der Waals surface area contributed by atoms with E-state index in [1.807, 2.05) is 37.3 Å². The van der Waals surface area contributed by atoms with Crippen molar-refractivity contribution in [1.29, 1.82) is 0 Å². The van der Waals surface area contributed by atoms with Gasteiger partial charge in [-0.15, -0.1) is 6.58 Å². The summed E-state index contributed by atoms with van der Waals surface area (Å²) in [5, 5.41) is 19.0. The largest absolute Gasteiger partial charge is 0.465 e. The van der Waals surface area contributed by atoms with Gasteiger partial charge in [0.1, 0.15) is 0 Å². The Morgan fingerprint density at radius 3 is 2.37 bits per heavy atom. The van der Waals surface area contributed by atoms with E-state index >= 15 is 0 Å². The summed E-state index contributed by atoms with van der Waals surface area (Å²) in [6.45, 7) is 7.38. The minimum Gasteiger partial charge on any atom is -0.465 e. The van der Waals surface area contributed by atoms with Crippen LogP contribution in [0.5, 0.6) is 0 Å². The first-order chi connectivity index (χ1) is 8.89. The van der Waals surface area contributed by atoms with Gasteiger partial charge in [-0.1, -0.05) is 35.9 Å². The van der Waals surface area contributed by atoms with Crippen molar-refractivity contribution in [2.24, 2.45) is 0 Å². The quantitative estimate of drug-likeness (QED) is 0.776. The fourth-order valence-electron chi connectivity index (χ4n) is 2.14. The van der Waals surface area contributed by atoms with E-state index in [1.165, 1.54) is 4.90 Å². The second-order valence-corrected chi connectivity index (χ2v) is 5.14. The number of hydrogen-bond donors (Lipinski definition) is 2. The van der Waals surface area contributed by atoms with Crippen LogP contribution in [0.4, 0.5) is 4.79 Å². The van der Waals surface area contributed by atoms with Crippen molar-refractivity contribution in [3.05, 3.63) is 48.0 Å². The molecular weight excluding hydrogens is 242 g/mol. The molecule has 19 heavy (non-hydrogen) atoms. The summed E-state index contributed by atoms with van der Waals surface area (Å²) >= 11 is 0. The normalized spacial score (nSPS) is 13.6.